The van der Waals surface area contributed by atoms with E-state index in [-0.39, 0.29) is 23.5 Å². The summed E-state index contributed by atoms with van der Waals surface area (Å²) >= 11 is 3.48. The number of hydrogen-bond acceptors (Lipinski definition) is 4. The first-order valence-corrected chi connectivity index (χ1v) is 13.0. The van der Waals surface area contributed by atoms with E-state index >= 15 is 0 Å². The van der Waals surface area contributed by atoms with Crippen molar-refractivity contribution in [2.24, 2.45) is 0 Å². The summed E-state index contributed by atoms with van der Waals surface area (Å²) in [5.41, 5.74) is 3.80. The van der Waals surface area contributed by atoms with Crippen molar-refractivity contribution >= 4 is 43.2 Å². The number of anilines is 2. The zero-order valence-corrected chi connectivity index (χ0v) is 20.5. The Morgan fingerprint density at radius 1 is 1.03 bits per heavy atom. The Bertz CT molecular complexity index is 1320. The molecular weight excluding hydrogens is 504 g/mol. The van der Waals surface area contributed by atoms with Gasteiger partial charge in [-0.2, -0.15) is 0 Å². The van der Waals surface area contributed by atoms with Crippen LogP contribution in [0.3, 0.4) is 0 Å². The first kappa shape index (κ1) is 22.0. The highest BCUT2D eigenvalue weighted by Crippen LogP contribution is 2.35. The standard InChI is InChI=1S/C25H23BrN2O4S/c1-17-14-19-15-20(26)6-11-24(19)28(17)25(29)16-32-21-7-9-22(10-8-21)33(30,31)27-13-12-18-4-2-3-5-23(18)27/h2-11,15,17H,12-14,16H2,1H3/t17-/m1/s1. The fraction of sp³-hybridized carbons (Fsp3) is 0.240. The molecule has 2 aliphatic rings. The molecule has 5 rings (SSSR count). The molecule has 2 heterocycles. The maximum Gasteiger partial charge on any atom is 0.265 e. The molecule has 1 atom stereocenters. The van der Waals surface area contributed by atoms with Gasteiger partial charge in [-0.25, -0.2) is 8.42 Å². The molecule has 2 aliphatic heterocycles. The fourth-order valence-corrected chi connectivity index (χ4v) is 6.50. The molecule has 0 aliphatic carbocycles. The Morgan fingerprint density at radius 3 is 2.58 bits per heavy atom. The summed E-state index contributed by atoms with van der Waals surface area (Å²) in [5, 5.41) is 0. The molecular formula is C25H23BrN2O4S. The number of ether oxygens (including phenoxy) is 1. The lowest BCUT2D eigenvalue weighted by atomic mass is 10.1. The Kier molecular flexibility index (Phi) is 5.66. The minimum Gasteiger partial charge on any atom is -0.484 e. The highest BCUT2D eigenvalue weighted by atomic mass is 79.9. The van der Waals surface area contributed by atoms with E-state index in [1.165, 1.54) is 16.4 Å². The van der Waals surface area contributed by atoms with Crippen LogP contribution < -0.4 is 13.9 Å². The number of benzene rings is 3. The van der Waals surface area contributed by atoms with Gasteiger partial charge in [0.05, 0.1) is 10.6 Å². The van der Waals surface area contributed by atoms with Gasteiger partial charge in [-0.15, -0.1) is 0 Å². The second kappa shape index (κ2) is 8.50. The summed E-state index contributed by atoms with van der Waals surface area (Å²) in [4.78, 5) is 14.8. The Balaban J connectivity index is 1.27. The molecule has 0 unspecified atom stereocenters. The summed E-state index contributed by atoms with van der Waals surface area (Å²) in [6.45, 7) is 2.33. The normalized spacial score (nSPS) is 17.1. The number of rotatable bonds is 5. The molecule has 0 aromatic heterocycles. The minimum atomic E-state index is -3.66. The van der Waals surface area contributed by atoms with Crippen molar-refractivity contribution < 1.29 is 17.9 Å². The van der Waals surface area contributed by atoms with Gasteiger partial charge in [0.2, 0.25) is 0 Å². The van der Waals surface area contributed by atoms with Crippen molar-refractivity contribution in [1.29, 1.82) is 0 Å². The number of carbonyl (C=O) groups is 1. The lowest BCUT2D eigenvalue weighted by Gasteiger charge is -2.23. The van der Waals surface area contributed by atoms with Crippen LogP contribution in [-0.2, 0) is 27.7 Å². The highest BCUT2D eigenvalue weighted by molar-refractivity contribution is 9.10. The van der Waals surface area contributed by atoms with Crippen LogP contribution in [0.5, 0.6) is 5.75 Å². The quantitative estimate of drug-likeness (QED) is 0.488. The van der Waals surface area contributed by atoms with Crippen LogP contribution in [0.2, 0.25) is 0 Å². The molecule has 6 nitrogen and oxygen atoms in total. The molecule has 8 heteroatoms. The summed E-state index contributed by atoms with van der Waals surface area (Å²) in [7, 11) is -3.66. The zero-order valence-electron chi connectivity index (χ0n) is 18.1. The maximum absolute atomic E-state index is 13.1. The second-order valence-electron chi connectivity index (χ2n) is 8.31. The Labute approximate surface area is 202 Å². The van der Waals surface area contributed by atoms with Crippen LogP contribution in [0.1, 0.15) is 18.1 Å². The van der Waals surface area contributed by atoms with Crippen molar-refractivity contribution in [3.8, 4) is 5.75 Å². The highest BCUT2D eigenvalue weighted by Gasteiger charge is 2.32. The van der Waals surface area contributed by atoms with Crippen LogP contribution in [0, 0.1) is 0 Å². The van der Waals surface area contributed by atoms with Crippen LogP contribution in [0.4, 0.5) is 11.4 Å². The second-order valence-corrected chi connectivity index (χ2v) is 11.1. The summed E-state index contributed by atoms with van der Waals surface area (Å²) in [6.07, 6.45) is 1.50. The largest absolute Gasteiger partial charge is 0.484 e. The summed E-state index contributed by atoms with van der Waals surface area (Å²) in [5.74, 6) is 0.320. The van der Waals surface area contributed by atoms with E-state index in [0.29, 0.717) is 18.7 Å². The first-order chi connectivity index (χ1) is 15.8. The minimum absolute atomic E-state index is 0.0567. The van der Waals surface area contributed by atoms with Crippen molar-refractivity contribution in [3.63, 3.8) is 0 Å². The zero-order chi connectivity index (χ0) is 23.2. The Morgan fingerprint density at radius 2 is 1.79 bits per heavy atom. The molecule has 0 N–H and O–H groups in total. The summed E-state index contributed by atoms with van der Waals surface area (Å²) < 4.78 is 34.4. The summed E-state index contributed by atoms with van der Waals surface area (Å²) in [6, 6.07) is 19.8. The molecule has 0 saturated carbocycles. The molecule has 0 radical (unpaired) electrons. The number of halogens is 1. The topological polar surface area (TPSA) is 66.9 Å². The third kappa shape index (κ3) is 4.02. The molecule has 0 bridgehead atoms. The van der Waals surface area contributed by atoms with E-state index in [0.717, 1.165) is 33.4 Å². The van der Waals surface area contributed by atoms with Gasteiger partial charge in [-0.05, 0) is 79.4 Å². The molecule has 3 aromatic carbocycles. The maximum atomic E-state index is 13.1. The first-order valence-electron chi connectivity index (χ1n) is 10.8. The van der Waals surface area contributed by atoms with Gasteiger partial charge in [0.15, 0.2) is 6.61 Å². The average Bonchev–Trinajstić information content (AvgIpc) is 3.38. The van der Waals surface area contributed by atoms with E-state index in [9.17, 15) is 13.2 Å². The molecule has 0 saturated heterocycles. The van der Waals surface area contributed by atoms with Gasteiger partial charge in [0.25, 0.3) is 15.9 Å². The molecule has 0 spiro atoms. The molecule has 3 aromatic rings. The number of carbonyl (C=O) groups excluding carboxylic acids is 1. The number of para-hydroxylation sites is 1. The number of fused-ring (bicyclic) bond motifs is 2. The van der Waals surface area contributed by atoms with Gasteiger partial charge < -0.3 is 9.64 Å². The molecule has 1 amide bonds. The van der Waals surface area contributed by atoms with Crippen molar-refractivity contribution in [2.45, 2.75) is 30.7 Å². The Hall–Kier alpha value is -2.84. The van der Waals surface area contributed by atoms with Gasteiger partial charge in [-0.1, -0.05) is 34.1 Å². The van der Waals surface area contributed by atoms with E-state index in [1.807, 2.05) is 49.4 Å². The van der Waals surface area contributed by atoms with Gasteiger partial charge in [-0.3, -0.25) is 9.10 Å². The van der Waals surface area contributed by atoms with E-state index in [2.05, 4.69) is 15.9 Å². The predicted molar refractivity (Wildman–Crippen MR) is 131 cm³/mol. The van der Waals surface area contributed by atoms with Gasteiger partial charge in [0.1, 0.15) is 5.75 Å². The molecule has 170 valence electrons. The fourth-order valence-electron chi connectivity index (χ4n) is 4.59. The van der Waals surface area contributed by atoms with Crippen LogP contribution in [0.25, 0.3) is 0 Å². The van der Waals surface area contributed by atoms with Crippen LogP contribution >= 0.6 is 15.9 Å². The van der Waals surface area contributed by atoms with Crippen LogP contribution in [0.15, 0.2) is 76.1 Å². The smallest absolute Gasteiger partial charge is 0.265 e. The van der Waals surface area contributed by atoms with Gasteiger partial charge in [0, 0.05) is 22.7 Å². The third-order valence-corrected chi connectivity index (χ3v) is 8.47. The lowest BCUT2D eigenvalue weighted by Crippen LogP contribution is -2.39. The van der Waals surface area contributed by atoms with E-state index in [4.69, 9.17) is 4.74 Å². The third-order valence-electron chi connectivity index (χ3n) is 6.14. The molecule has 0 fully saturated rings. The van der Waals surface area contributed by atoms with Crippen molar-refractivity contribution in [2.75, 3.05) is 22.4 Å². The van der Waals surface area contributed by atoms with E-state index in [1.54, 1.807) is 17.0 Å². The number of hydrogen-bond donors (Lipinski definition) is 0. The predicted octanol–water partition coefficient (Wildman–Crippen LogP) is 4.56. The molecule has 33 heavy (non-hydrogen) atoms. The number of sulfonamides is 1. The lowest BCUT2D eigenvalue weighted by molar-refractivity contribution is -0.120. The van der Waals surface area contributed by atoms with E-state index < -0.39 is 10.0 Å². The van der Waals surface area contributed by atoms with Crippen LogP contribution in [-0.4, -0.2) is 33.5 Å². The average molecular weight is 527 g/mol. The van der Waals surface area contributed by atoms with Gasteiger partial charge >= 0.3 is 0 Å². The van der Waals surface area contributed by atoms with Crippen molar-refractivity contribution in [1.82, 2.24) is 0 Å². The number of nitrogens with zero attached hydrogens (tertiary/aromatic N) is 2. The monoisotopic (exact) mass is 526 g/mol. The SMILES string of the molecule is C[C@@H]1Cc2cc(Br)ccc2N1C(=O)COc1ccc(S(=O)(=O)N2CCc3ccccc32)cc1. The number of amides is 1. The van der Waals surface area contributed by atoms with Crippen molar-refractivity contribution in [3.05, 3.63) is 82.3 Å².